The van der Waals surface area contributed by atoms with Gasteiger partial charge in [-0.15, -0.1) is 0 Å². The maximum atomic E-state index is 12.1. The summed E-state index contributed by atoms with van der Waals surface area (Å²) in [6, 6.07) is 13.6. The summed E-state index contributed by atoms with van der Waals surface area (Å²) >= 11 is 0. The van der Waals surface area contributed by atoms with Crippen LogP contribution in [0.1, 0.15) is 21.6 Å². The average Bonchev–Trinajstić information content (AvgIpc) is 2.86. The molecule has 3 rings (SSSR count). The molecule has 0 aliphatic heterocycles. The number of fused-ring (bicyclic) bond motifs is 1. The molecule has 25 heavy (non-hydrogen) atoms. The van der Waals surface area contributed by atoms with Gasteiger partial charge >= 0.3 is 5.97 Å². The van der Waals surface area contributed by atoms with Crippen molar-refractivity contribution in [2.24, 2.45) is 0 Å². The fourth-order valence-electron chi connectivity index (χ4n) is 2.95. The molecule has 0 aliphatic rings. The van der Waals surface area contributed by atoms with E-state index in [1.807, 2.05) is 30.3 Å². The van der Waals surface area contributed by atoms with E-state index in [9.17, 15) is 19.7 Å². The van der Waals surface area contributed by atoms with Crippen LogP contribution in [-0.2, 0) is 11.3 Å². The topological polar surface area (TPSA) is 102 Å². The number of hydrogen-bond acceptors (Lipinski definition) is 4. The van der Waals surface area contributed by atoms with Gasteiger partial charge in [-0.05, 0) is 18.6 Å². The lowest BCUT2D eigenvalue weighted by Gasteiger charge is -2.08. The Bertz CT molecular complexity index is 1010. The number of nitrogens with zero attached hydrogens (tertiary/aromatic N) is 2. The molecule has 0 radical (unpaired) electrons. The minimum atomic E-state index is -1.59. The van der Waals surface area contributed by atoms with Gasteiger partial charge in [0.15, 0.2) is 0 Å². The van der Waals surface area contributed by atoms with Crippen LogP contribution in [0.15, 0.2) is 48.5 Å². The predicted octanol–water partition coefficient (Wildman–Crippen LogP) is 3.17. The third-order valence-corrected chi connectivity index (χ3v) is 4.12. The number of carboxylic acid groups (broad SMARTS) is 1. The molecule has 0 saturated heterocycles. The molecule has 0 fully saturated rings. The molecule has 2 aromatic carbocycles. The number of nitro groups is 1. The number of aliphatic carboxylic acids is 1. The minimum absolute atomic E-state index is 0.0119. The second kappa shape index (κ2) is 6.20. The van der Waals surface area contributed by atoms with Gasteiger partial charge in [0.05, 0.1) is 10.5 Å². The Morgan fingerprint density at radius 3 is 2.44 bits per heavy atom. The molecule has 0 amide bonds. The van der Waals surface area contributed by atoms with Crippen molar-refractivity contribution in [1.29, 1.82) is 0 Å². The number of rotatable bonds is 5. The van der Waals surface area contributed by atoms with E-state index in [2.05, 4.69) is 0 Å². The first-order valence-electron chi connectivity index (χ1n) is 7.49. The monoisotopic (exact) mass is 338 g/mol. The summed E-state index contributed by atoms with van der Waals surface area (Å²) in [5, 5.41) is 20.4. The molecular formula is C18H14N2O5. The molecule has 0 aliphatic carbocycles. The highest BCUT2D eigenvalue weighted by Crippen LogP contribution is 2.30. The van der Waals surface area contributed by atoms with Crippen LogP contribution in [0.5, 0.6) is 0 Å². The standard InChI is InChI=1S/C18H14N2O5/c1-11-16(17(21)18(22)23)14-9-13(20(24)25)7-8-15(14)19(11)10-12-5-3-2-4-6-12/h2-9H,10H2,1H3,(H,22,23). The summed E-state index contributed by atoms with van der Waals surface area (Å²) in [5.74, 6) is -2.66. The lowest BCUT2D eigenvalue weighted by atomic mass is 10.1. The number of carboxylic acids is 1. The summed E-state index contributed by atoms with van der Waals surface area (Å²) in [4.78, 5) is 33.8. The maximum Gasteiger partial charge on any atom is 0.377 e. The number of benzene rings is 2. The highest BCUT2D eigenvalue weighted by atomic mass is 16.6. The van der Waals surface area contributed by atoms with Crippen molar-refractivity contribution in [3.63, 3.8) is 0 Å². The van der Waals surface area contributed by atoms with E-state index < -0.39 is 16.7 Å². The van der Waals surface area contributed by atoms with E-state index >= 15 is 0 Å². The highest BCUT2D eigenvalue weighted by molar-refractivity contribution is 6.42. The van der Waals surface area contributed by atoms with Crippen LogP contribution in [0.4, 0.5) is 5.69 Å². The number of Topliss-reactive ketones (excluding diaryl/α,β-unsaturated/α-hetero) is 1. The Hall–Kier alpha value is -3.48. The molecule has 0 saturated carbocycles. The molecular weight excluding hydrogens is 324 g/mol. The Morgan fingerprint density at radius 1 is 1.16 bits per heavy atom. The lowest BCUT2D eigenvalue weighted by molar-refractivity contribution is -0.384. The van der Waals surface area contributed by atoms with Crippen molar-refractivity contribution in [2.75, 3.05) is 0 Å². The van der Waals surface area contributed by atoms with Crippen molar-refractivity contribution in [3.05, 3.63) is 75.5 Å². The quantitative estimate of drug-likeness (QED) is 0.333. The number of carbonyl (C=O) groups excluding carboxylic acids is 1. The number of nitro benzene ring substituents is 1. The summed E-state index contributed by atoms with van der Waals surface area (Å²) in [7, 11) is 0. The minimum Gasteiger partial charge on any atom is -0.475 e. The van der Waals surface area contributed by atoms with E-state index in [1.165, 1.54) is 12.1 Å². The van der Waals surface area contributed by atoms with Gasteiger partial charge in [-0.2, -0.15) is 0 Å². The molecule has 7 nitrogen and oxygen atoms in total. The van der Waals surface area contributed by atoms with E-state index in [0.717, 1.165) is 5.56 Å². The second-order valence-corrected chi connectivity index (χ2v) is 5.62. The van der Waals surface area contributed by atoms with Crippen LogP contribution in [0.25, 0.3) is 10.9 Å². The smallest absolute Gasteiger partial charge is 0.377 e. The molecule has 3 aromatic rings. The molecule has 0 spiro atoms. The van der Waals surface area contributed by atoms with Crippen LogP contribution in [0, 0.1) is 17.0 Å². The zero-order chi connectivity index (χ0) is 18.1. The van der Waals surface area contributed by atoms with Crippen molar-refractivity contribution >= 4 is 28.3 Å². The van der Waals surface area contributed by atoms with Gasteiger partial charge in [-0.25, -0.2) is 4.79 Å². The van der Waals surface area contributed by atoms with Gasteiger partial charge in [0.1, 0.15) is 0 Å². The van der Waals surface area contributed by atoms with Crippen LogP contribution in [0.3, 0.4) is 0 Å². The molecule has 1 aromatic heterocycles. The highest BCUT2D eigenvalue weighted by Gasteiger charge is 2.26. The molecule has 1 heterocycles. The lowest BCUT2D eigenvalue weighted by Crippen LogP contribution is -2.14. The second-order valence-electron chi connectivity index (χ2n) is 5.62. The summed E-state index contributed by atoms with van der Waals surface area (Å²) in [6.07, 6.45) is 0. The van der Waals surface area contributed by atoms with E-state index in [-0.39, 0.29) is 16.6 Å². The molecule has 7 heteroatoms. The zero-order valence-corrected chi connectivity index (χ0v) is 13.3. The van der Waals surface area contributed by atoms with Gasteiger partial charge in [0.2, 0.25) is 0 Å². The van der Waals surface area contributed by atoms with E-state index in [4.69, 9.17) is 5.11 Å². The van der Waals surface area contributed by atoms with Gasteiger partial charge in [-0.1, -0.05) is 30.3 Å². The largest absolute Gasteiger partial charge is 0.475 e. The first kappa shape index (κ1) is 16.4. The fraction of sp³-hybridized carbons (Fsp3) is 0.111. The van der Waals surface area contributed by atoms with E-state index in [0.29, 0.717) is 17.8 Å². The summed E-state index contributed by atoms with van der Waals surface area (Å²) in [5.41, 5.74) is 1.81. The first-order chi connectivity index (χ1) is 11.9. The number of ketones is 1. The summed E-state index contributed by atoms with van der Waals surface area (Å²) < 4.78 is 1.80. The normalized spacial score (nSPS) is 10.8. The number of carbonyl (C=O) groups is 2. The third-order valence-electron chi connectivity index (χ3n) is 4.12. The number of aromatic nitrogens is 1. The maximum absolute atomic E-state index is 12.1. The Morgan fingerprint density at radius 2 is 1.84 bits per heavy atom. The van der Waals surface area contributed by atoms with E-state index in [1.54, 1.807) is 17.6 Å². The number of non-ortho nitro benzene ring substituents is 1. The van der Waals surface area contributed by atoms with Crippen molar-refractivity contribution in [3.8, 4) is 0 Å². The third kappa shape index (κ3) is 2.87. The molecule has 126 valence electrons. The van der Waals surface area contributed by atoms with Gasteiger partial charge in [0.25, 0.3) is 11.5 Å². The van der Waals surface area contributed by atoms with Gasteiger partial charge in [0, 0.05) is 35.3 Å². The summed E-state index contributed by atoms with van der Waals surface area (Å²) in [6.45, 7) is 2.07. The Kier molecular flexibility index (Phi) is 4.06. The van der Waals surface area contributed by atoms with Crippen molar-refractivity contribution < 1.29 is 19.6 Å². The van der Waals surface area contributed by atoms with Crippen LogP contribution < -0.4 is 0 Å². The molecule has 0 unspecified atom stereocenters. The van der Waals surface area contributed by atoms with Crippen molar-refractivity contribution in [1.82, 2.24) is 4.57 Å². The van der Waals surface area contributed by atoms with Crippen LogP contribution in [-0.4, -0.2) is 26.3 Å². The van der Waals surface area contributed by atoms with Crippen LogP contribution >= 0.6 is 0 Å². The van der Waals surface area contributed by atoms with Crippen molar-refractivity contribution in [2.45, 2.75) is 13.5 Å². The van der Waals surface area contributed by atoms with Gasteiger partial charge in [-0.3, -0.25) is 14.9 Å². The Balaban J connectivity index is 2.26. The van der Waals surface area contributed by atoms with Gasteiger partial charge < -0.3 is 9.67 Å². The van der Waals surface area contributed by atoms with Crippen LogP contribution in [0.2, 0.25) is 0 Å². The molecule has 0 atom stereocenters. The predicted molar refractivity (Wildman–Crippen MR) is 90.8 cm³/mol. The SMILES string of the molecule is Cc1c(C(=O)C(=O)O)c2cc([N+](=O)[O-])ccc2n1Cc1ccccc1. The average molecular weight is 338 g/mol. The fourth-order valence-corrected chi connectivity index (χ4v) is 2.95. The first-order valence-corrected chi connectivity index (χ1v) is 7.49. The number of hydrogen-bond donors (Lipinski definition) is 1. The Labute approximate surface area is 142 Å². The molecule has 0 bridgehead atoms. The molecule has 1 N–H and O–H groups in total. The zero-order valence-electron chi connectivity index (χ0n) is 13.3.